The van der Waals surface area contributed by atoms with E-state index in [0.29, 0.717) is 13.0 Å². The van der Waals surface area contributed by atoms with Crippen LogP contribution in [0.3, 0.4) is 0 Å². The molecule has 3 N–H and O–H groups in total. The molecule has 0 aliphatic carbocycles. The lowest BCUT2D eigenvalue weighted by molar-refractivity contribution is -0.122. The average Bonchev–Trinajstić information content (AvgIpc) is 2.20. The van der Waals surface area contributed by atoms with Crippen LogP contribution in [0.1, 0.15) is 39.5 Å². The summed E-state index contributed by atoms with van der Waals surface area (Å²) < 4.78 is 0. The van der Waals surface area contributed by atoms with Crippen LogP contribution >= 0.6 is 0 Å². The van der Waals surface area contributed by atoms with Gasteiger partial charge < -0.3 is 11.1 Å². The molecule has 0 radical (unpaired) electrons. The number of nitrogens with zero attached hydrogens (tertiary/aromatic N) is 1. The lowest BCUT2D eigenvalue weighted by Gasteiger charge is -2.11. The molecule has 0 amide bonds. The van der Waals surface area contributed by atoms with Gasteiger partial charge in [0.15, 0.2) is 6.19 Å². The van der Waals surface area contributed by atoms with Crippen LogP contribution in [0.25, 0.3) is 0 Å². The van der Waals surface area contributed by atoms with Gasteiger partial charge in [-0.05, 0) is 19.3 Å². The van der Waals surface area contributed by atoms with E-state index < -0.39 is 0 Å². The standard InChI is InChI=1S/C11H21N3O/c1-9(2)11(15)6-5-10(13)4-3-7-14-8-12/h9-10,14H,3-7,13H2,1-2H3/t10-/m1/s1. The van der Waals surface area contributed by atoms with Crippen molar-refractivity contribution in [3.8, 4) is 6.19 Å². The van der Waals surface area contributed by atoms with E-state index in [-0.39, 0.29) is 17.7 Å². The fourth-order valence-corrected chi connectivity index (χ4v) is 1.27. The van der Waals surface area contributed by atoms with E-state index in [2.05, 4.69) is 5.32 Å². The summed E-state index contributed by atoms with van der Waals surface area (Å²) in [5.41, 5.74) is 5.84. The molecule has 0 aliphatic rings. The molecule has 0 aromatic rings. The zero-order chi connectivity index (χ0) is 11.7. The van der Waals surface area contributed by atoms with E-state index in [1.54, 1.807) is 0 Å². The smallest absolute Gasteiger partial charge is 0.176 e. The van der Waals surface area contributed by atoms with Crippen LogP contribution in [0.15, 0.2) is 0 Å². The lowest BCUT2D eigenvalue weighted by atomic mass is 10.00. The summed E-state index contributed by atoms with van der Waals surface area (Å²) in [4.78, 5) is 11.3. The van der Waals surface area contributed by atoms with E-state index in [9.17, 15) is 4.79 Å². The molecule has 0 saturated carbocycles. The first-order chi connectivity index (χ1) is 7.07. The number of Topliss-reactive ketones (excluding diaryl/α,β-unsaturated/α-hetero) is 1. The summed E-state index contributed by atoms with van der Waals surface area (Å²) in [5.74, 6) is 0.387. The van der Waals surface area contributed by atoms with Gasteiger partial charge in [0.05, 0.1) is 0 Å². The molecule has 0 spiro atoms. The van der Waals surface area contributed by atoms with E-state index >= 15 is 0 Å². The summed E-state index contributed by atoms with van der Waals surface area (Å²) in [6, 6.07) is 0.0770. The molecule has 86 valence electrons. The van der Waals surface area contributed by atoms with Crippen molar-refractivity contribution in [2.45, 2.75) is 45.6 Å². The number of carbonyl (C=O) groups is 1. The summed E-state index contributed by atoms with van der Waals surface area (Å²) >= 11 is 0. The van der Waals surface area contributed by atoms with Crippen molar-refractivity contribution in [3.05, 3.63) is 0 Å². The number of hydrogen-bond acceptors (Lipinski definition) is 4. The van der Waals surface area contributed by atoms with Crippen molar-refractivity contribution in [2.24, 2.45) is 11.7 Å². The first-order valence-corrected chi connectivity index (χ1v) is 5.48. The minimum atomic E-state index is 0.0770. The molecule has 0 fully saturated rings. The summed E-state index contributed by atoms with van der Waals surface area (Å²) in [6.45, 7) is 4.48. The number of hydrogen-bond donors (Lipinski definition) is 2. The Hall–Kier alpha value is -1.08. The number of nitrogens with one attached hydrogen (secondary N) is 1. The molecule has 0 unspecified atom stereocenters. The second-order valence-corrected chi connectivity index (χ2v) is 4.10. The van der Waals surface area contributed by atoms with Crippen LogP contribution in [-0.4, -0.2) is 18.4 Å². The molecule has 0 aromatic carbocycles. The highest BCUT2D eigenvalue weighted by Gasteiger charge is 2.09. The molecule has 0 rings (SSSR count). The second kappa shape index (κ2) is 8.25. The molecular weight excluding hydrogens is 190 g/mol. The van der Waals surface area contributed by atoms with Gasteiger partial charge in [-0.15, -0.1) is 0 Å². The van der Waals surface area contributed by atoms with Gasteiger partial charge in [0, 0.05) is 24.9 Å². The van der Waals surface area contributed by atoms with Gasteiger partial charge in [0.25, 0.3) is 0 Å². The topological polar surface area (TPSA) is 78.9 Å². The maximum absolute atomic E-state index is 11.3. The van der Waals surface area contributed by atoms with E-state index in [1.807, 2.05) is 20.0 Å². The molecule has 0 bridgehead atoms. The monoisotopic (exact) mass is 211 g/mol. The Kier molecular flexibility index (Phi) is 7.65. The summed E-state index contributed by atoms with van der Waals surface area (Å²) in [6.07, 6.45) is 4.93. The minimum absolute atomic E-state index is 0.0770. The Morgan fingerprint density at radius 1 is 1.47 bits per heavy atom. The first kappa shape index (κ1) is 13.9. The largest absolute Gasteiger partial charge is 0.328 e. The van der Waals surface area contributed by atoms with Crippen molar-refractivity contribution >= 4 is 5.78 Å². The highest BCUT2D eigenvalue weighted by molar-refractivity contribution is 5.80. The Morgan fingerprint density at radius 3 is 2.67 bits per heavy atom. The highest BCUT2D eigenvalue weighted by Crippen LogP contribution is 2.06. The van der Waals surface area contributed by atoms with Gasteiger partial charge >= 0.3 is 0 Å². The minimum Gasteiger partial charge on any atom is -0.328 e. The maximum atomic E-state index is 11.3. The third-order valence-corrected chi connectivity index (χ3v) is 2.36. The van der Waals surface area contributed by atoms with Crippen LogP contribution in [-0.2, 0) is 4.79 Å². The van der Waals surface area contributed by atoms with Gasteiger partial charge in [0.2, 0.25) is 0 Å². The zero-order valence-corrected chi connectivity index (χ0v) is 9.62. The highest BCUT2D eigenvalue weighted by atomic mass is 16.1. The quantitative estimate of drug-likeness (QED) is 0.359. The number of ketones is 1. The predicted molar refractivity (Wildman–Crippen MR) is 59.9 cm³/mol. The van der Waals surface area contributed by atoms with Crippen molar-refractivity contribution in [2.75, 3.05) is 6.54 Å². The molecule has 0 heterocycles. The molecule has 4 heteroatoms. The SMILES string of the molecule is CC(C)C(=O)CC[C@H](N)CCCNC#N. The van der Waals surface area contributed by atoms with E-state index in [1.165, 1.54) is 0 Å². The summed E-state index contributed by atoms with van der Waals surface area (Å²) in [5, 5.41) is 10.8. The van der Waals surface area contributed by atoms with Crippen LogP contribution in [0.5, 0.6) is 0 Å². The Bertz CT molecular complexity index is 220. The van der Waals surface area contributed by atoms with Gasteiger partial charge in [0.1, 0.15) is 5.78 Å². The fourth-order valence-electron chi connectivity index (χ4n) is 1.27. The van der Waals surface area contributed by atoms with Crippen LogP contribution < -0.4 is 11.1 Å². The van der Waals surface area contributed by atoms with Crippen LogP contribution in [0.4, 0.5) is 0 Å². The zero-order valence-electron chi connectivity index (χ0n) is 9.62. The average molecular weight is 211 g/mol. The molecule has 4 nitrogen and oxygen atoms in total. The maximum Gasteiger partial charge on any atom is 0.176 e. The second-order valence-electron chi connectivity index (χ2n) is 4.10. The molecule has 0 aliphatic heterocycles. The van der Waals surface area contributed by atoms with Gasteiger partial charge in [-0.2, -0.15) is 5.26 Å². The molecule has 0 aromatic heterocycles. The molecule has 0 saturated heterocycles. The molecular formula is C11H21N3O. The van der Waals surface area contributed by atoms with E-state index in [0.717, 1.165) is 19.3 Å². The Labute approximate surface area is 91.8 Å². The van der Waals surface area contributed by atoms with Crippen LogP contribution in [0, 0.1) is 17.4 Å². The lowest BCUT2D eigenvalue weighted by Crippen LogP contribution is -2.23. The van der Waals surface area contributed by atoms with Gasteiger partial charge in [-0.3, -0.25) is 4.79 Å². The first-order valence-electron chi connectivity index (χ1n) is 5.48. The van der Waals surface area contributed by atoms with Crippen molar-refractivity contribution < 1.29 is 4.79 Å². The number of nitriles is 1. The Balaban J connectivity index is 3.45. The van der Waals surface area contributed by atoms with Crippen molar-refractivity contribution in [1.82, 2.24) is 5.32 Å². The van der Waals surface area contributed by atoms with Gasteiger partial charge in [-0.1, -0.05) is 13.8 Å². The third-order valence-electron chi connectivity index (χ3n) is 2.36. The number of carbonyl (C=O) groups excluding carboxylic acids is 1. The van der Waals surface area contributed by atoms with Crippen molar-refractivity contribution in [1.29, 1.82) is 5.26 Å². The van der Waals surface area contributed by atoms with E-state index in [4.69, 9.17) is 11.0 Å². The third kappa shape index (κ3) is 7.95. The Morgan fingerprint density at radius 2 is 2.13 bits per heavy atom. The number of rotatable bonds is 8. The van der Waals surface area contributed by atoms with Crippen LogP contribution in [0.2, 0.25) is 0 Å². The predicted octanol–water partition coefficient (Wildman–Crippen LogP) is 1.17. The van der Waals surface area contributed by atoms with Gasteiger partial charge in [-0.25, -0.2) is 0 Å². The normalized spacial score (nSPS) is 12.2. The molecule has 15 heavy (non-hydrogen) atoms. The molecule has 1 atom stereocenters. The number of nitrogens with two attached hydrogens (primary N) is 1. The fraction of sp³-hybridized carbons (Fsp3) is 0.818. The van der Waals surface area contributed by atoms with Crippen molar-refractivity contribution in [3.63, 3.8) is 0 Å². The summed E-state index contributed by atoms with van der Waals surface area (Å²) in [7, 11) is 0.